The second kappa shape index (κ2) is 27.5. The first-order valence-corrected chi connectivity index (χ1v) is 25.0. The van der Waals surface area contributed by atoms with Gasteiger partial charge >= 0.3 is 5.97 Å². The molecule has 2 saturated heterocycles. The van der Waals surface area contributed by atoms with E-state index in [1.165, 1.54) is 22.3 Å². The standard InChI is InChI=1S/C51H73N13O9/c1-30(2)24-36(44(66)60-37(27-34-28-55-29-57-34)45(67)62-39(50(72)73)26-33-16-9-6-10-17-33)59-43(65)35(18-11-21-56-51(53)54)58-46(68)40-19-12-22-63(40)48(70)38(25-32-14-7-5-8-15-32)61-47(69)41-20-13-23-64(41)49(71)42(52)31(3)4/h5-10,14-17,28-31,35-42H,11-13,18-27,52H2,1-4H3,(H,55,57)(H,58,68)(H,59,65)(H,60,66)(H,61,69)(H,62,67)(H,72,73)(H4,53,54,56)/t35-,36-,37-,38-,39-,40-,41-,42-/m0/s1. The van der Waals surface area contributed by atoms with Crippen LogP contribution < -0.4 is 43.8 Å². The van der Waals surface area contributed by atoms with E-state index in [-0.39, 0.29) is 81.7 Å². The normalized spacial score (nSPS) is 17.9. The van der Waals surface area contributed by atoms with Crippen molar-refractivity contribution in [3.63, 3.8) is 0 Å². The predicted octanol–water partition coefficient (Wildman–Crippen LogP) is 0.0112. The number of carboxylic acid groups (broad SMARTS) is 1. The number of hydrogen-bond acceptors (Lipinski definition) is 11. The van der Waals surface area contributed by atoms with E-state index in [0.717, 1.165) is 5.56 Å². The van der Waals surface area contributed by atoms with Gasteiger partial charge in [0.2, 0.25) is 41.4 Å². The van der Waals surface area contributed by atoms with Gasteiger partial charge in [0.1, 0.15) is 42.3 Å². The Labute approximate surface area is 425 Å². The average molecular weight is 1010 g/mol. The van der Waals surface area contributed by atoms with Gasteiger partial charge in [-0.2, -0.15) is 0 Å². The summed E-state index contributed by atoms with van der Waals surface area (Å²) in [6.07, 6.45) is 4.83. The van der Waals surface area contributed by atoms with Crippen LogP contribution in [0.25, 0.3) is 0 Å². The number of amides is 7. The maximum atomic E-state index is 14.7. The monoisotopic (exact) mass is 1010 g/mol. The molecule has 13 N–H and O–H groups in total. The molecule has 2 fully saturated rings. The van der Waals surface area contributed by atoms with E-state index in [1.54, 1.807) is 30.3 Å². The summed E-state index contributed by atoms with van der Waals surface area (Å²) in [6.45, 7) is 7.96. The predicted molar refractivity (Wildman–Crippen MR) is 272 cm³/mol. The van der Waals surface area contributed by atoms with Crippen LogP contribution in [0.1, 0.15) is 89.5 Å². The third kappa shape index (κ3) is 16.9. The van der Waals surface area contributed by atoms with Gasteiger partial charge in [0.05, 0.1) is 12.4 Å². The minimum Gasteiger partial charge on any atom is -0.480 e. The number of likely N-dealkylation sites (tertiary alicyclic amines) is 2. The van der Waals surface area contributed by atoms with Crippen molar-refractivity contribution in [2.75, 3.05) is 19.6 Å². The molecule has 2 aliphatic rings. The zero-order valence-corrected chi connectivity index (χ0v) is 42.1. The van der Waals surface area contributed by atoms with Gasteiger partial charge in [-0.25, -0.2) is 9.78 Å². The molecule has 22 nitrogen and oxygen atoms in total. The molecule has 2 aliphatic heterocycles. The van der Waals surface area contributed by atoms with Crippen molar-refractivity contribution in [3.05, 3.63) is 90.0 Å². The SMILES string of the molecule is CC(C)C[C@H](NC(=O)[C@H](CCCN=C(N)N)NC(=O)[C@@H]1CCCN1C(=O)[C@H](Cc1ccccc1)NC(=O)[C@@H]1CCCN1C(=O)[C@@H](N)C(C)C)C(=O)N[C@@H](Cc1cnc[nH]1)C(=O)N[C@@H](Cc1ccccc1)C(=O)O. The highest BCUT2D eigenvalue weighted by molar-refractivity contribution is 5.98. The molecule has 5 rings (SSSR count). The number of rotatable bonds is 26. The van der Waals surface area contributed by atoms with Crippen LogP contribution in [0.15, 0.2) is 78.2 Å². The molecule has 8 atom stereocenters. The first-order valence-electron chi connectivity index (χ1n) is 25.0. The lowest BCUT2D eigenvalue weighted by Crippen LogP contribution is -2.60. The number of H-pyrrole nitrogens is 1. The molecule has 1 aromatic heterocycles. The Morgan fingerprint density at radius 1 is 0.685 bits per heavy atom. The summed E-state index contributed by atoms with van der Waals surface area (Å²) >= 11 is 0. The number of imidazole rings is 1. The Morgan fingerprint density at radius 3 is 1.71 bits per heavy atom. The van der Waals surface area contributed by atoms with E-state index in [4.69, 9.17) is 17.2 Å². The first-order chi connectivity index (χ1) is 34.8. The second-order valence-electron chi connectivity index (χ2n) is 19.5. The van der Waals surface area contributed by atoms with Gasteiger partial charge in [0.25, 0.3) is 0 Å². The van der Waals surface area contributed by atoms with E-state index >= 15 is 0 Å². The zero-order chi connectivity index (χ0) is 53.2. The Bertz CT molecular complexity index is 2360. The molecule has 396 valence electrons. The number of nitrogens with zero attached hydrogens (tertiary/aromatic N) is 4. The van der Waals surface area contributed by atoms with E-state index in [1.807, 2.05) is 58.0 Å². The molecular formula is C51H73N13O9. The van der Waals surface area contributed by atoms with Gasteiger partial charge in [-0.05, 0) is 67.9 Å². The number of aliphatic imine (C=N–C) groups is 1. The summed E-state index contributed by atoms with van der Waals surface area (Å²) in [6, 6.07) is 8.89. The molecule has 73 heavy (non-hydrogen) atoms. The fourth-order valence-electron chi connectivity index (χ4n) is 9.04. The van der Waals surface area contributed by atoms with Crippen molar-refractivity contribution in [2.45, 2.75) is 140 Å². The summed E-state index contributed by atoms with van der Waals surface area (Å²) in [4.78, 5) is 125. The quantitative estimate of drug-likeness (QED) is 0.0288. The van der Waals surface area contributed by atoms with Crippen molar-refractivity contribution in [1.29, 1.82) is 0 Å². The number of guanidine groups is 1. The van der Waals surface area contributed by atoms with Gasteiger partial charge < -0.3 is 63.7 Å². The number of aliphatic carboxylic acids is 1. The third-order valence-electron chi connectivity index (χ3n) is 13.0. The van der Waals surface area contributed by atoms with Gasteiger partial charge in [0.15, 0.2) is 5.96 Å². The highest BCUT2D eigenvalue weighted by Gasteiger charge is 2.42. The molecule has 0 saturated carbocycles. The number of carbonyl (C=O) groups is 8. The average Bonchev–Trinajstić information content (AvgIpc) is 4.17. The van der Waals surface area contributed by atoms with Gasteiger partial charge in [-0.15, -0.1) is 0 Å². The van der Waals surface area contributed by atoms with Crippen molar-refractivity contribution < 1.29 is 43.5 Å². The highest BCUT2D eigenvalue weighted by atomic mass is 16.4. The Morgan fingerprint density at radius 2 is 1.19 bits per heavy atom. The molecule has 22 heteroatoms. The maximum absolute atomic E-state index is 14.7. The molecular weight excluding hydrogens is 939 g/mol. The molecule has 2 aromatic carbocycles. The first kappa shape index (κ1) is 56.6. The van der Waals surface area contributed by atoms with Gasteiger partial charge in [-0.1, -0.05) is 88.4 Å². The molecule has 0 radical (unpaired) electrons. The van der Waals surface area contributed by atoms with E-state index in [9.17, 15) is 43.5 Å². The highest BCUT2D eigenvalue weighted by Crippen LogP contribution is 2.23. The van der Waals surface area contributed by atoms with Crippen LogP contribution in [0.4, 0.5) is 0 Å². The van der Waals surface area contributed by atoms with Crippen LogP contribution >= 0.6 is 0 Å². The number of benzene rings is 2. The van der Waals surface area contributed by atoms with Gasteiger partial charge in [-0.3, -0.25) is 38.6 Å². The summed E-state index contributed by atoms with van der Waals surface area (Å²) in [5.41, 5.74) is 19.2. The number of nitrogens with two attached hydrogens (primary N) is 3. The molecule has 0 spiro atoms. The lowest BCUT2D eigenvalue weighted by Gasteiger charge is -2.32. The molecule has 0 aliphatic carbocycles. The number of carboxylic acids is 1. The zero-order valence-electron chi connectivity index (χ0n) is 42.1. The molecule has 3 heterocycles. The van der Waals surface area contributed by atoms with Crippen LogP contribution in [0.5, 0.6) is 0 Å². The lowest BCUT2D eigenvalue weighted by molar-refractivity contribution is -0.144. The maximum Gasteiger partial charge on any atom is 0.326 e. The van der Waals surface area contributed by atoms with E-state index in [0.29, 0.717) is 37.1 Å². The second-order valence-corrected chi connectivity index (χ2v) is 19.5. The van der Waals surface area contributed by atoms with Crippen molar-refractivity contribution >= 4 is 53.3 Å². The Balaban J connectivity index is 1.34. The molecule has 3 aromatic rings. The van der Waals surface area contributed by atoms with Crippen LogP contribution in [0.3, 0.4) is 0 Å². The third-order valence-corrected chi connectivity index (χ3v) is 13.0. The smallest absolute Gasteiger partial charge is 0.326 e. The number of hydrogen-bond donors (Lipinski definition) is 10. The Hall–Kier alpha value is -7.36. The van der Waals surface area contributed by atoms with Crippen LogP contribution in [0, 0.1) is 11.8 Å². The minimum absolute atomic E-state index is 0.0116. The van der Waals surface area contributed by atoms with Crippen molar-refractivity contribution in [1.82, 2.24) is 46.4 Å². The van der Waals surface area contributed by atoms with Crippen LogP contribution in [-0.2, 0) is 57.6 Å². The number of aromatic nitrogens is 2. The molecule has 7 amide bonds. The fourth-order valence-corrected chi connectivity index (χ4v) is 9.04. The minimum atomic E-state index is -1.33. The summed E-state index contributed by atoms with van der Waals surface area (Å²) < 4.78 is 0. The summed E-state index contributed by atoms with van der Waals surface area (Å²) in [7, 11) is 0. The van der Waals surface area contributed by atoms with Crippen molar-refractivity contribution in [2.24, 2.45) is 34.0 Å². The van der Waals surface area contributed by atoms with E-state index in [2.05, 4.69) is 41.5 Å². The summed E-state index contributed by atoms with van der Waals surface area (Å²) in [5.74, 6) is -6.04. The Kier molecular flexibility index (Phi) is 21.3. The van der Waals surface area contributed by atoms with E-state index < -0.39 is 89.7 Å². The van der Waals surface area contributed by atoms with Gasteiger partial charge in [0, 0.05) is 50.8 Å². The number of carbonyl (C=O) groups excluding carboxylic acids is 7. The lowest BCUT2D eigenvalue weighted by atomic mass is 10.0. The number of aromatic amines is 1. The van der Waals surface area contributed by atoms with Crippen molar-refractivity contribution in [3.8, 4) is 0 Å². The van der Waals surface area contributed by atoms with Crippen LogP contribution in [0.2, 0.25) is 0 Å². The molecule has 0 bridgehead atoms. The fraction of sp³-hybridized carbons (Fsp3) is 0.529. The topological polar surface area (TPSA) is 343 Å². The largest absolute Gasteiger partial charge is 0.480 e. The summed E-state index contributed by atoms with van der Waals surface area (Å²) in [5, 5.41) is 23.8. The number of nitrogens with one attached hydrogen (secondary N) is 6. The molecule has 0 unspecified atom stereocenters. The van der Waals surface area contributed by atoms with Crippen LogP contribution in [-0.4, -0.2) is 146 Å².